The van der Waals surface area contributed by atoms with Crippen LogP contribution in [0.2, 0.25) is 0 Å². The summed E-state index contributed by atoms with van der Waals surface area (Å²) in [5.74, 6) is 1.25. The fourth-order valence-corrected chi connectivity index (χ4v) is 2.98. The van der Waals surface area contributed by atoms with Gasteiger partial charge in [0.05, 0.1) is 12.4 Å². The van der Waals surface area contributed by atoms with Gasteiger partial charge < -0.3 is 5.32 Å². The maximum absolute atomic E-state index is 4.44. The fourth-order valence-electron chi connectivity index (χ4n) is 2.98. The third kappa shape index (κ3) is 11.8. The Hall–Kier alpha value is -0.790. The van der Waals surface area contributed by atoms with Gasteiger partial charge in [-0.25, -0.2) is 0 Å². The van der Waals surface area contributed by atoms with Crippen LogP contribution >= 0.6 is 0 Å². The lowest BCUT2D eigenvalue weighted by Gasteiger charge is -2.02. The molecule has 0 amide bonds. The molecule has 128 valence electrons. The van der Waals surface area contributed by atoms with Crippen LogP contribution in [0.5, 0.6) is 0 Å². The van der Waals surface area contributed by atoms with E-state index in [1.54, 1.807) is 0 Å². The van der Waals surface area contributed by atoms with Crippen molar-refractivity contribution < 1.29 is 0 Å². The number of nitrogens with zero attached hydrogens (tertiary/aromatic N) is 1. The fraction of sp³-hybridized carbons (Fsp3) is 0.850. The predicted molar refractivity (Wildman–Crippen MR) is 99.8 cm³/mol. The summed E-state index contributed by atoms with van der Waals surface area (Å²) in [6, 6.07) is 0. The molecule has 2 heteroatoms. The van der Waals surface area contributed by atoms with Crippen molar-refractivity contribution in [3.63, 3.8) is 0 Å². The zero-order valence-corrected chi connectivity index (χ0v) is 14.9. The number of hydrogen-bond donors (Lipinski definition) is 1. The third-order valence-electron chi connectivity index (χ3n) is 4.42. The molecule has 0 fully saturated rings. The Morgan fingerprint density at radius 3 is 2.00 bits per heavy atom. The van der Waals surface area contributed by atoms with E-state index in [9.17, 15) is 0 Å². The molecule has 0 aromatic carbocycles. The number of allylic oxidation sites excluding steroid dienone is 2. The van der Waals surface area contributed by atoms with Gasteiger partial charge in [-0.1, -0.05) is 70.4 Å². The van der Waals surface area contributed by atoms with E-state index in [1.807, 2.05) is 0 Å². The summed E-state index contributed by atoms with van der Waals surface area (Å²) < 4.78 is 0. The van der Waals surface area contributed by atoms with Gasteiger partial charge in [0.1, 0.15) is 0 Å². The zero-order valence-electron chi connectivity index (χ0n) is 14.9. The third-order valence-corrected chi connectivity index (χ3v) is 4.42. The first-order valence-electron chi connectivity index (χ1n) is 9.85. The molecule has 0 radical (unpaired) electrons. The number of hydrogen-bond acceptors (Lipinski definition) is 2. The highest BCUT2D eigenvalue weighted by Crippen LogP contribution is 2.10. The van der Waals surface area contributed by atoms with Crippen LogP contribution < -0.4 is 5.32 Å². The first kappa shape index (κ1) is 19.3. The average Bonchev–Trinajstić information content (AvgIpc) is 3.04. The van der Waals surface area contributed by atoms with Crippen LogP contribution in [-0.2, 0) is 0 Å². The number of unbranched alkanes of at least 4 members (excludes halogenated alkanes) is 11. The topological polar surface area (TPSA) is 24.4 Å². The molecule has 0 saturated carbocycles. The first-order valence-corrected chi connectivity index (χ1v) is 9.85. The van der Waals surface area contributed by atoms with Gasteiger partial charge in [0.25, 0.3) is 0 Å². The molecule has 1 aliphatic rings. The summed E-state index contributed by atoms with van der Waals surface area (Å²) in [6.45, 7) is 4.32. The monoisotopic (exact) mass is 306 g/mol. The minimum absolute atomic E-state index is 0.987. The van der Waals surface area contributed by atoms with Crippen LogP contribution in [0.1, 0.15) is 96.8 Å². The molecule has 0 aromatic rings. The second-order valence-corrected chi connectivity index (χ2v) is 6.59. The van der Waals surface area contributed by atoms with E-state index < -0.39 is 0 Å². The summed E-state index contributed by atoms with van der Waals surface area (Å²) in [7, 11) is 0. The van der Waals surface area contributed by atoms with Gasteiger partial charge in [0.2, 0.25) is 0 Å². The largest absolute Gasteiger partial charge is 0.372 e. The SMILES string of the molecule is CCCCCCCC/C=C\CCCCCCCC1=NCCN1. The second kappa shape index (κ2) is 15.1. The average molecular weight is 307 g/mol. The molecular formula is C20H38N2. The maximum atomic E-state index is 4.44. The molecule has 0 bridgehead atoms. The maximum Gasteiger partial charge on any atom is 0.0964 e. The van der Waals surface area contributed by atoms with Gasteiger partial charge >= 0.3 is 0 Å². The van der Waals surface area contributed by atoms with E-state index in [1.165, 1.54) is 89.3 Å². The van der Waals surface area contributed by atoms with Gasteiger partial charge in [0, 0.05) is 13.0 Å². The van der Waals surface area contributed by atoms with E-state index in [0.717, 1.165) is 19.5 Å². The van der Waals surface area contributed by atoms with Crippen molar-refractivity contribution in [3.8, 4) is 0 Å². The van der Waals surface area contributed by atoms with E-state index in [0.29, 0.717) is 0 Å². The molecule has 0 unspecified atom stereocenters. The first-order chi connectivity index (χ1) is 10.9. The molecule has 0 aromatic heterocycles. The van der Waals surface area contributed by atoms with Crippen molar-refractivity contribution in [2.45, 2.75) is 96.8 Å². The standard InChI is InChI=1S/C20H38N2/c1-2-3-4-5-6-7-8-9-10-11-12-13-14-15-16-17-20-21-18-19-22-20/h9-10H,2-8,11-19H2,1H3,(H,21,22)/b10-9-. The van der Waals surface area contributed by atoms with Gasteiger partial charge in [-0.05, 0) is 32.1 Å². The van der Waals surface area contributed by atoms with E-state index in [4.69, 9.17) is 0 Å². The van der Waals surface area contributed by atoms with E-state index in [2.05, 4.69) is 29.4 Å². The highest BCUT2D eigenvalue weighted by molar-refractivity contribution is 5.83. The van der Waals surface area contributed by atoms with Crippen molar-refractivity contribution in [1.82, 2.24) is 5.32 Å². The van der Waals surface area contributed by atoms with Crippen molar-refractivity contribution in [2.24, 2.45) is 4.99 Å². The van der Waals surface area contributed by atoms with E-state index in [-0.39, 0.29) is 0 Å². The Labute approximate surface area is 138 Å². The Morgan fingerprint density at radius 1 is 0.818 bits per heavy atom. The number of amidine groups is 1. The Morgan fingerprint density at radius 2 is 1.41 bits per heavy atom. The number of rotatable bonds is 15. The number of aliphatic imine (C=N–C) groups is 1. The van der Waals surface area contributed by atoms with Crippen LogP contribution in [0.3, 0.4) is 0 Å². The highest BCUT2D eigenvalue weighted by atomic mass is 15.1. The Bertz CT molecular complexity index is 294. The molecule has 22 heavy (non-hydrogen) atoms. The summed E-state index contributed by atoms with van der Waals surface area (Å²) in [5.41, 5.74) is 0. The molecule has 1 aliphatic heterocycles. The van der Waals surface area contributed by atoms with Crippen molar-refractivity contribution in [2.75, 3.05) is 13.1 Å². The molecule has 0 aliphatic carbocycles. The molecular weight excluding hydrogens is 268 g/mol. The lowest BCUT2D eigenvalue weighted by Crippen LogP contribution is -2.17. The summed E-state index contributed by atoms with van der Waals surface area (Å²) in [4.78, 5) is 4.44. The van der Waals surface area contributed by atoms with Gasteiger partial charge in [0.15, 0.2) is 0 Å². The van der Waals surface area contributed by atoms with Gasteiger partial charge in [-0.2, -0.15) is 0 Å². The Kier molecular flexibility index (Phi) is 13.2. The lowest BCUT2D eigenvalue weighted by molar-refractivity contribution is 0.609. The van der Waals surface area contributed by atoms with Gasteiger partial charge in [-0.15, -0.1) is 0 Å². The quantitative estimate of drug-likeness (QED) is 0.290. The highest BCUT2D eigenvalue weighted by Gasteiger charge is 2.03. The smallest absolute Gasteiger partial charge is 0.0964 e. The molecule has 2 nitrogen and oxygen atoms in total. The molecule has 0 spiro atoms. The molecule has 1 rings (SSSR count). The van der Waals surface area contributed by atoms with Crippen LogP contribution in [0.4, 0.5) is 0 Å². The second-order valence-electron chi connectivity index (χ2n) is 6.59. The van der Waals surface area contributed by atoms with Crippen molar-refractivity contribution in [3.05, 3.63) is 12.2 Å². The molecule has 1 heterocycles. The molecule has 1 N–H and O–H groups in total. The van der Waals surface area contributed by atoms with Crippen molar-refractivity contribution in [1.29, 1.82) is 0 Å². The summed E-state index contributed by atoms with van der Waals surface area (Å²) in [6.07, 6.45) is 23.8. The zero-order chi connectivity index (χ0) is 15.7. The van der Waals surface area contributed by atoms with E-state index >= 15 is 0 Å². The molecule has 0 atom stereocenters. The normalized spacial score (nSPS) is 14.5. The summed E-state index contributed by atoms with van der Waals surface area (Å²) in [5, 5.41) is 3.35. The van der Waals surface area contributed by atoms with Gasteiger partial charge in [-0.3, -0.25) is 4.99 Å². The number of nitrogens with one attached hydrogen (secondary N) is 1. The molecule has 0 saturated heterocycles. The van der Waals surface area contributed by atoms with Crippen LogP contribution in [0, 0.1) is 0 Å². The minimum Gasteiger partial charge on any atom is -0.372 e. The summed E-state index contributed by atoms with van der Waals surface area (Å²) >= 11 is 0. The van der Waals surface area contributed by atoms with Crippen LogP contribution in [0.15, 0.2) is 17.1 Å². The van der Waals surface area contributed by atoms with Crippen molar-refractivity contribution >= 4 is 5.84 Å². The van der Waals surface area contributed by atoms with Crippen LogP contribution in [0.25, 0.3) is 0 Å². The Balaban J connectivity index is 1.72. The van der Waals surface area contributed by atoms with Crippen LogP contribution in [-0.4, -0.2) is 18.9 Å². The lowest BCUT2D eigenvalue weighted by atomic mass is 10.1. The minimum atomic E-state index is 0.987. The predicted octanol–water partition coefficient (Wildman–Crippen LogP) is 6.03.